The smallest absolute Gasteiger partial charge is 0.272 e. The van der Waals surface area contributed by atoms with Gasteiger partial charge in [-0.2, -0.15) is 0 Å². The number of amides is 3. The standard InChI is InChI=1S/C21H22FN5O5/c22-14-3-1-12(2-4-14)18(30)26-15-5-7-16(8-6-15)27-19(31)17-21(20(23)32,25-11-24-17)13(9-28)10-29/h1-8,13,25,28-29H,9-11H2,(H2,23,32)(H,26,30)(H,27,31). The predicted molar refractivity (Wildman–Crippen MR) is 114 cm³/mol. The van der Waals surface area contributed by atoms with E-state index in [2.05, 4.69) is 20.9 Å². The lowest BCUT2D eigenvalue weighted by Gasteiger charge is -2.33. The number of carbonyl (C=O) groups is 3. The molecule has 0 spiro atoms. The van der Waals surface area contributed by atoms with Crippen LogP contribution in [0.4, 0.5) is 15.8 Å². The van der Waals surface area contributed by atoms with E-state index in [0.717, 1.165) is 0 Å². The Bertz CT molecular complexity index is 1040. The molecule has 3 rings (SSSR count). The maximum atomic E-state index is 13.0. The molecule has 10 nitrogen and oxygen atoms in total. The Morgan fingerprint density at radius 2 is 1.53 bits per heavy atom. The molecule has 1 heterocycles. The van der Waals surface area contributed by atoms with Gasteiger partial charge in [0.2, 0.25) is 5.91 Å². The molecule has 0 aromatic heterocycles. The van der Waals surface area contributed by atoms with Crippen molar-refractivity contribution in [2.45, 2.75) is 5.54 Å². The van der Waals surface area contributed by atoms with Crippen molar-refractivity contribution in [3.05, 3.63) is 59.9 Å². The third-order valence-electron chi connectivity index (χ3n) is 5.13. The number of hydrogen-bond donors (Lipinski definition) is 6. The van der Waals surface area contributed by atoms with Crippen LogP contribution in [0.25, 0.3) is 0 Å². The SMILES string of the molecule is NC(=O)C1(C(CO)CO)NCN=C1C(=O)Nc1ccc(NC(=O)c2ccc(F)cc2)cc1. The quantitative estimate of drug-likeness (QED) is 0.332. The number of nitrogens with one attached hydrogen (secondary N) is 3. The number of aliphatic hydroxyl groups is 2. The molecule has 7 N–H and O–H groups in total. The Balaban J connectivity index is 1.71. The summed E-state index contributed by atoms with van der Waals surface area (Å²) in [5.74, 6) is -3.62. The van der Waals surface area contributed by atoms with E-state index in [1.165, 1.54) is 48.5 Å². The van der Waals surface area contributed by atoms with E-state index in [9.17, 15) is 29.0 Å². The van der Waals surface area contributed by atoms with Gasteiger partial charge in [-0.1, -0.05) is 0 Å². The van der Waals surface area contributed by atoms with Crippen LogP contribution in [0.1, 0.15) is 10.4 Å². The van der Waals surface area contributed by atoms with E-state index in [-0.39, 0.29) is 17.9 Å². The monoisotopic (exact) mass is 443 g/mol. The van der Waals surface area contributed by atoms with Crippen LogP contribution < -0.4 is 21.7 Å². The number of anilines is 2. The lowest BCUT2D eigenvalue weighted by molar-refractivity contribution is -0.125. The zero-order valence-corrected chi connectivity index (χ0v) is 16.8. The van der Waals surface area contributed by atoms with Crippen LogP contribution in [-0.2, 0) is 9.59 Å². The van der Waals surface area contributed by atoms with Gasteiger partial charge in [-0.05, 0) is 48.5 Å². The number of primary amides is 1. The van der Waals surface area contributed by atoms with Crippen LogP contribution in [0, 0.1) is 11.7 Å². The van der Waals surface area contributed by atoms with Crippen molar-refractivity contribution < 1.29 is 29.0 Å². The van der Waals surface area contributed by atoms with Crippen LogP contribution in [-0.4, -0.2) is 59.1 Å². The molecule has 0 bridgehead atoms. The summed E-state index contributed by atoms with van der Waals surface area (Å²) in [6, 6.07) is 11.2. The molecule has 1 unspecified atom stereocenters. The fraction of sp³-hybridized carbons (Fsp3) is 0.238. The fourth-order valence-corrected chi connectivity index (χ4v) is 3.41. The summed E-state index contributed by atoms with van der Waals surface area (Å²) >= 11 is 0. The van der Waals surface area contributed by atoms with Crippen LogP contribution in [0.15, 0.2) is 53.5 Å². The first-order valence-electron chi connectivity index (χ1n) is 9.61. The Labute approximate surface area is 182 Å². The minimum atomic E-state index is -1.81. The molecule has 0 aliphatic carbocycles. The third-order valence-corrected chi connectivity index (χ3v) is 5.13. The van der Waals surface area contributed by atoms with Crippen LogP contribution in [0.5, 0.6) is 0 Å². The first-order chi connectivity index (χ1) is 15.3. The van der Waals surface area contributed by atoms with Crippen LogP contribution in [0.3, 0.4) is 0 Å². The van der Waals surface area contributed by atoms with Crippen molar-refractivity contribution >= 4 is 34.8 Å². The number of rotatable bonds is 8. The average Bonchev–Trinajstić information content (AvgIpc) is 3.23. The lowest BCUT2D eigenvalue weighted by atomic mass is 9.79. The van der Waals surface area contributed by atoms with E-state index in [1.807, 2.05) is 0 Å². The van der Waals surface area contributed by atoms with Crippen LogP contribution >= 0.6 is 0 Å². The fourth-order valence-electron chi connectivity index (χ4n) is 3.41. The summed E-state index contributed by atoms with van der Waals surface area (Å²) in [7, 11) is 0. The van der Waals surface area contributed by atoms with E-state index in [4.69, 9.17) is 5.73 Å². The Kier molecular flexibility index (Phi) is 6.93. The molecule has 1 aliphatic rings. The maximum absolute atomic E-state index is 13.0. The van der Waals surface area contributed by atoms with Gasteiger partial charge in [0.1, 0.15) is 11.5 Å². The van der Waals surface area contributed by atoms with Crippen molar-refractivity contribution in [1.82, 2.24) is 5.32 Å². The second-order valence-corrected chi connectivity index (χ2v) is 7.07. The van der Waals surface area contributed by atoms with Gasteiger partial charge >= 0.3 is 0 Å². The first-order valence-corrected chi connectivity index (χ1v) is 9.61. The predicted octanol–water partition coefficient (Wildman–Crippen LogP) is -0.157. The summed E-state index contributed by atoms with van der Waals surface area (Å²) in [6.45, 7) is -1.28. The number of carbonyl (C=O) groups excluding carboxylic acids is 3. The Morgan fingerprint density at radius 1 is 1.00 bits per heavy atom. The molecule has 3 amide bonds. The molecule has 168 valence electrons. The van der Waals surface area contributed by atoms with Gasteiger partial charge in [0.15, 0.2) is 5.54 Å². The van der Waals surface area contributed by atoms with Gasteiger partial charge in [0, 0.05) is 22.9 Å². The zero-order chi connectivity index (χ0) is 23.3. The topological polar surface area (TPSA) is 166 Å². The van der Waals surface area contributed by atoms with Crippen LogP contribution in [0.2, 0.25) is 0 Å². The van der Waals surface area contributed by atoms with Gasteiger partial charge in [0.25, 0.3) is 11.8 Å². The summed E-state index contributed by atoms with van der Waals surface area (Å²) in [6.07, 6.45) is 0. The van der Waals surface area contributed by atoms with Crippen molar-refractivity contribution in [3.8, 4) is 0 Å². The molecule has 1 aliphatic heterocycles. The number of aliphatic imine (C=N–C) groups is 1. The largest absolute Gasteiger partial charge is 0.396 e. The van der Waals surface area contributed by atoms with Gasteiger partial charge in [-0.15, -0.1) is 0 Å². The Hall–Kier alpha value is -3.67. The van der Waals surface area contributed by atoms with Crippen molar-refractivity contribution in [3.63, 3.8) is 0 Å². The molecule has 11 heteroatoms. The highest BCUT2D eigenvalue weighted by Gasteiger charge is 2.53. The molecule has 0 fully saturated rings. The van der Waals surface area contributed by atoms with Crippen molar-refractivity contribution in [2.75, 3.05) is 30.5 Å². The molecular formula is C21H22FN5O5. The third kappa shape index (κ3) is 4.49. The van der Waals surface area contributed by atoms with Gasteiger partial charge in [-0.3, -0.25) is 24.7 Å². The van der Waals surface area contributed by atoms with Crippen molar-refractivity contribution in [1.29, 1.82) is 0 Å². The number of nitrogens with zero attached hydrogens (tertiary/aromatic N) is 1. The molecule has 0 saturated heterocycles. The molecule has 0 saturated carbocycles. The highest BCUT2D eigenvalue weighted by Crippen LogP contribution is 2.25. The molecule has 32 heavy (non-hydrogen) atoms. The second kappa shape index (κ2) is 9.64. The highest BCUT2D eigenvalue weighted by atomic mass is 19.1. The number of aliphatic hydroxyl groups excluding tert-OH is 2. The summed E-state index contributed by atoms with van der Waals surface area (Å²) in [4.78, 5) is 41.2. The normalized spacial score (nSPS) is 17.7. The first kappa shape index (κ1) is 23.0. The number of hydrogen-bond acceptors (Lipinski definition) is 7. The molecule has 2 aromatic rings. The molecule has 0 radical (unpaired) electrons. The van der Waals surface area contributed by atoms with E-state index in [0.29, 0.717) is 11.4 Å². The number of nitrogens with two attached hydrogens (primary N) is 1. The van der Waals surface area contributed by atoms with E-state index < -0.39 is 48.2 Å². The van der Waals surface area contributed by atoms with Gasteiger partial charge in [-0.25, -0.2) is 4.39 Å². The lowest BCUT2D eigenvalue weighted by Crippen LogP contribution is -2.66. The number of halogens is 1. The maximum Gasteiger partial charge on any atom is 0.272 e. The minimum Gasteiger partial charge on any atom is -0.396 e. The van der Waals surface area contributed by atoms with Gasteiger partial charge in [0.05, 0.1) is 19.9 Å². The van der Waals surface area contributed by atoms with E-state index >= 15 is 0 Å². The second-order valence-electron chi connectivity index (χ2n) is 7.07. The minimum absolute atomic E-state index is 0.0868. The zero-order valence-electron chi connectivity index (χ0n) is 16.8. The van der Waals surface area contributed by atoms with E-state index in [1.54, 1.807) is 0 Å². The molecule has 1 atom stereocenters. The summed E-state index contributed by atoms with van der Waals surface area (Å²) in [5, 5.41) is 27.0. The van der Waals surface area contributed by atoms with Crippen molar-refractivity contribution in [2.24, 2.45) is 16.6 Å². The highest BCUT2D eigenvalue weighted by molar-refractivity contribution is 6.50. The van der Waals surface area contributed by atoms with Gasteiger partial charge < -0.3 is 26.6 Å². The molecule has 2 aromatic carbocycles. The average molecular weight is 443 g/mol. The number of benzene rings is 2. The summed E-state index contributed by atoms with van der Waals surface area (Å²) < 4.78 is 13.0. The Morgan fingerprint density at radius 3 is 2.03 bits per heavy atom. The summed E-state index contributed by atoms with van der Waals surface area (Å²) in [5.41, 5.74) is 4.48. The molecular weight excluding hydrogens is 421 g/mol.